The lowest BCUT2D eigenvalue weighted by Crippen LogP contribution is -2.15. The number of anilines is 1. The third-order valence-electron chi connectivity index (χ3n) is 3.58. The second-order valence-electron chi connectivity index (χ2n) is 5.65. The first kappa shape index (κ1) is 19.1. The summed E-state index contributed by atoms with van der Waals surface area (Å²) in [6, 6.07) is 9.14. The van der Waals surface area contributed by atoms with Crippen molar-refractivity contribution in [2.75, 3.05) is 5.32 Å². The molecular formula is C16H14BrClN6O3. The van der Waals surface area contributed by atoms with E-state index in [1.807, 2.05) is 18.2 Å². The smallest absolute Gasteiger partial charge is 0.358 e. The van der Waals surface area contributed by atoms with Crippen molar-refractivity contribution in [1.82, 2.24) is 19.6 Å². The Bertz CT molecular complexity index is 986. The molecule has 11 heteroatoms. The van der Waals surface area contributed by atoms with Crippen molar-refractivity contribution < 1.29 is 9.72 Å². The van der Waals surface area contributed by atoms with Crippen molar-refractivity contribution in [3.63, 3.8) is 0 Å². The van der Waals surface area contributed by atoms with Crippen LogP contribution >= 0.6 is 27.5 Å². The Balaban J connectivity index is 1.53. The van der Waals surface area contributed by atoms with Gasteiger partial charge in [-0.25, -0.2) is 0 Å². The Morgan fingerprint density at radius 2 is 2.11 bits per heavy atom. The predicted molar refractivity (Wildman–Crippen MR) is 103 cm³/mol. The molecule has 140 valence electrons. The molecule has 0 fully saturated rings. The van der Waals surface area contributed by atoms with Crippen molar-refractivity contribution in [3.05, 3.63) is 67.9 Å². The van der Waals surface area contributed by atoms with E-state index >= 15 is 0 Å². The van der Waals surface area contributed by atoms with Crippen LogP contribution in [0.5, 0.6) is 0 Å². The van der Waals surface area contributed by atoms with E-state index in [1.165, 1.54) is 10.9 Å². The summed E-state index contributed by atoms with van der Waals surface area (Å²) >= 11 is 9.03. The van der Waals surface area contributed by atoms with Gasteiger partial charge in [-0.05, 0) is 38.5 Å². The molecule has 0 bridgehead atoms. The molecule has 0 spiro atoms. The second-order valence-corrected chi connectivity index (χ2v) is 6.94. The molecule has 0 aliphatic heterocycles. The molecule has 0 atom stereocenters. The average molecular weight is 454 g/mol. The minimum Gasteiger partial charge on any atom is -0.358 e. The molecule has 9 nitrogen and oxygen atoms in total. The Hall–Kier alpha value is -2.72. The van der Waals surface area contributed by atoms with Crippen LogP contribution in [0.15, 0.2) is 47.2 Å². The Morgan fingerprint density at radius 3 is 2.81 bits per heavy atom. The lowest BCUT2D eigenvalue weighted by molar-refractivity contribution is -0.390. The molecule has 0 unspecified atom stereocenters. The van der Waals surface area contributed by atoms with Gasteiger partial charge in [-0.1, -0.05) is 23.7 Å². The highest BCUT2D eigenvalue weighted by atomic mass is 79.9. The predicted octanol–water partition coefficient (Wildman–Crippen LogP) is 3.48. The van der Waals surface area contributed by atoms with Gasteiger partial charge < -0.3 is 15.4 Å². The lowest BCUT2D eigenvalue weighted by Gasteiger charge is -2.03. The number of nitrogens with one attached hydrogen (secondary N) is 1. The summed E-state index contributed by atoms with van der Waals surface area (Å²) in [6.07, 6.45) is 3.32. The first-order valence-corrected chi connectivity index (χ1v) is 9.03. The number of nitro groups is 1. The largest absolute Gasteiger partial charge is 0.404 e. The van der Waals surface area contributed by atoms with E-state index in [2.05, 4.69) is 31.4 Å². The molecule has 0 aliphatic carbocycles. The van der Waals surface area contributed by atoms with Gasteiger partial charge >= 0.3 is 5.82 Å². The number of hydrogen-bond acceptors (Lipinski definition) is 5. The topological polar surface area (TPSA) is 108 Å². The van der Waals surface area contributed by atoms with Gasteiger partial charge in [0.25, 0.3) is 0 Å². The van der Waals surface area contributed by atoms with E-state index in [9.17, 15) is 14.9 Å². The van der Waals surface area contributed by atoms with Crippen LogP contribution < -0.4 is 5.32 Å². The first-order chi connectivity index (χ1) is 12.9. The van der Waals surface area contributed by atoms with Crippen molar-refractivity contribution in [2.45, 2.75) is 19.5 Å². The highest BCUT2D eigenvalue weighted by molar-refractivity contribution is 9.10. The second kappa shape index (κ2) is 8.31. The van der Waals surface area contributed by atoms with E-state index in [0.717, 1.165) is 5.56 Å². The molecule has 0 radical (unpaired) electrons. The zero-order chi connectivity index (χ0) is 19.4. The number of rotatable bonds is 7. The number of nitrogens with zero attached hydrogens (tertiary/aromatic N) is 5. The molecule has 2 heterocycles. The van der Waals surface area contributed by atoms with Crippen LogP contribution in [-0.2, 0) is 17.9 Å². The van der Waals surface area contributed by atoms with E-state index < -0.39 is 4.92 Å². The SMILES string of the molecule is O=C(CCn1cc(Br)c([N+](=O)[O-])n1)Nc1ccn(Cc2cccc(Cl)c2)n1. The van der Waals surface area contributed by atoms with Gasteiger partial charge in [-0.3, -0.25) is 9.48 Å². The molecular weight excluding hydrogens is 440 g/mol. The number of amides is 1. The Morgan fingerprint density at radius 1 is 1.30 bits per heavy atom. The fraction of sp³-hybridized carbons (Fsp3) is 0.188. The maximum absolute atomic E-state index is 12.1. The van der Waals surface area contributed by atoms with Crippen LogP contribution in [-0.4, -0.2) is 30.4 Å². The number of carbonyl (C=O) groups is 1. The number of aromatic nitrogens is 4. The quantitative estimate of drug-likeness (QED) is 0.435. The van der Waals surface area contributed by atoms with Gasteiger partial charge in [0.05, 0.1) is 24.4 Å². The summed E-state index contributed by atoms with van der Waals surface area (Å²) in [7, 11) is 0. The molecule has 0 saturated carbocycles. The van der Waals surface area contributed by atoms with Gasteiger partial charge in [0, 0.05) is 23.7 Å². The maximum atomic E-state index is 12.1. The normalized spacial score (nSPS) is 10.7. The van der Waals surface area contributed by atoms with Crippen LogP contribution in [0.4, 0.5) is 11.6 Å². The summed E-state index contributed by atoms with van der Waals surface area (Å²) in [6.45, 7) is 0.739. The standard InChI is InChI=1S/C16H14BrClN6O3/c17-13-10-23(21-16(13)24(26)27)7-5-15(25)19-14-4-6-22(20-14)9-11-2-1-3-12(18)8-11/h1-4,6,8,10H,5,7,9H2,(H,19,20,25). The first-order valence-electron chi connectivity index (χ1n) is 7.86. The van der Waals surface area contributed by atoms with Crippen LogP contribution in [0.1, 0.15) is 12.0 Å². The maximum Gasteiger partial charge on any atom is 0.404 e. The van der Waals surface area contributed by atoms with Crippen molar-refractivity contribution in [3.8, 4) is 0 Å². The molecule has 1 aromatic carbocycles. The zero-order valence-corrected chi connectivity index (χ0v) is 16.2. The highest BCUT2D eigenvalue weighted by Gasteiger charge is 2.19. The van der Waals surface area contributed by atoms with E-state index in [0.29, 0.717) is 17.4 Å². The summed E-state index contributed by atoms with van der Waals surface area (Å²) in [5.74, 6) is -0.123. The minimum absolute atomic E-state index is 0.104. The summed E-state index contributed by atoms with van der Waals surface area (Å²) < 4.78 is 3.31. The number of aryl methyl sites for hydroxylation is 1. The summed E-state index contributed by atoms with van der Waals surface area (Å²) in [4.78, 5) is 22.2. The number of halogens is 2. The Labute approximate surface area is 167 Å². The van der Waals surface area contributed by atoms with E-state index in [4.69, 9.17) is 11.6 Å². The van der Waals surface area contributed by atoms with Crippen molar-refractivity contribution >= 4 is 45.1 Å². The Kier molecular flexibility index (Phi) is 5.87. The third-order valence-corrected chi connectivity index (χ3v) is 4.38. The molecule has 2 aromatic heterocycles. The van der Waals surface area contributed by atoms with Gasteiger partial charge in [0.1, 0.15) is 4.47 Å². The number of benzene rings is 1. The van der Waals surface area contributed by atoms with Crippen LogP contribution in [0.25, 0.3) is 0 Å². The zero-order valence-electron chi connectivity index (χ0n) is 13.9. The van der Waals surface area contributed by atoms with Crippen LogP contribution in [0.2, 0.25) is 5.02 Å². The van der Waals surface area contributed by atoms with E-state index in [-0.39, 0.29) is 29.2 Å². The van der Waals surface area contributed by atoms with Crippen LogP contribution in [0, 0.1) is 10.1 Å². The molecule has 3 aromatic rings. The van der Waals surface area contributed by atoms with Gasteiger partial charge in [0.2, 0.25) is 5.91 Å². The molecule has 27 heavy (non-hydrogen) atoms. The monoisotopic (exact) mass is 452 g/mol. The average Bonchev–Trinajstić information content (AvgIpc) is 3.19. The molecule has 0 saturated heterocycles. The van der Waals surface area contributed by atoms with Crippen molar-refractivity contribution in [1.29, 1.82) is 0 Å². The fourth-order valence-electron chi connectivity index (χ4n) is 2.39. The summed E-state index contributed by atoms with van der Waals surface area (Å²) in [5.41, 5.74) is 0.995. The molecule has 0 aliphatic rings. The van der Waals surface area contributed by atoms with Crippen LogP contribution in [0.3, 0.4) is 0 Å². The van der Waals surface area contributed by atoms with Gasteiger partial charge in [-0.2, -0.15) is 9.78 Å². The van der Waals surface area contributed by atoms with Crippen molar-refractivity contribution in [2.24, 2.45) is 0 Å². The minimum atomic E-state index is -0.590. The molecule has 3 rings (SSSR count). The third kappa shape index (κ3) is 5.14. The van der Waals surface area contributed by atoms with Gasteiger partial charge in [-0.15, -0.1) is 0 Å². The number of carbonyl (C=O) groups excluding carboxylic acids is 1. The highest BCUT2D eigenvalue weighted by Crippen LogP contribution is 2.22. The molecule has 1 amide bonds. The fourth-order valence-corrected chi connectivity index (χ4v) is 3.06. The lowest BCUT2D eigenvalue weighted by atomic mass is 10.2. The molecule has 1 N–H and O–H groups in total. The number of hydrogen-bond donors (Lipinski definition) is 1. The van der Waals surface area contributed by atoms with E-state index in [1.54, 1.807) is 23.0 Å². The summed E-state index contributed by atoms with van der Waals surface area (Å²) in [5, 5.41) is 22.2. The van der Waals surface area contributed by atoms with Gasteiger partial charge in [0.15, 0.2) is 5.82 Å².